The van der Waals surface area contributed by atoms with Gasteiger partial charge in [0.2, 0.25) is 5.91 Å². The summed E-state index contributed by atoms with van der Waals surface area (Å²) in [6, 6.07) is 16.2. The lowest BCUT2D eigenvalue weighted by atomic mass is 10.0. The molecule has 0 saturated heterocycles. The van der Waals surface area contributed by atoms with E-state index in [0.29, 0.717) is 6.54 Å². The molecule has 1 atom stereocenters. The number of benzene rings is 1. The topological polar surface area (TPSA) is 54.3 Å². The molecule has 1 amide bonds. The van der Waals surface area contributed by atoms with Crippen molar-refractivity contribution in [2.45, 2.75) is 19.5 Å². The minimum Gasteiger partial charge on any atom is -0.467 e. The van der Waals surface area contributed by atoms with E-state index in [4.69, 9.17) is 4.42 Å². The minimum atomic E-state index is -0.0555. The highest BCUT2D eigenvalue weighted by atomic mass is 32.1. The number of furan rings is 1. The van der Waals surface area contributed by atoms with Crippen molar-refractivity contribution in [3.8, 4) is 0 Å². The number of amides is 1. The van der Waals surface area contributed by atoms with Gasteiger partial charge in [-0.15, -0.1) is 11.3 Å². The number of carbonyl (C=O) groups excluding carboxylic acids is 1. The molecule has 0 radical (unpaired) electrons. The standard InChI is InChI=1S/C19H20N2O2S/c1-14-6-8-15(9-7-14)19(17-5-3-11-24-17)21-13-18(22)20-12-16-4-2-10-23-16/h2-11,19,21H,12-13H2,1H3,(H,20,22)/t19-/m1/s1. The Morgan fingerprint density at radius 1 is 1.17 bits per heavy atom. The maximum Gasteiger partial charge on any atom is 0.234 e. The summed E-state index contributed by atoms with van der Waals surface area (Å²) in [4.78, 5) is 13.3. The number of nitrogens with one attached hydrogen (secondary N) is 2. The monoisotopic (exact) mass is 340 g/mol. The number of aryl methyl sites for hydroxylation is 1. The van der Waals surface area contributed by atoms with E-state index in [1.165, 1.54) is 10.4 Å². The number of hydrogen-bond donors (Lipinski definition) is 2. The van der Waals surface area contributed by atoms with Crippen molar-refractivity contribution in [3.63, 3.8) is 0 Å². The molecule has 2 N–H and O–H groups in total. The van der Waals surface area contributed by atoms with Gasteiger partial charge < -0.3 is 9.73 Å². The maximum absolute atomic E-state index is 12.1. The second-order valence-corrected chi connectivity index (χ2v) is 6.58. The highest BCUT2D eigenvalue weighted by Gasteiger charge is 2.16. The van der Waals surface area contributed by atoms with E-state index in [-0.39, 0.29) is 18.5 Å². The fraction of sp³-hybridized carbons (Fsp3) is 0.211. The largest absolute Gasteiger partial charge is 0.467 e. The summed E-state index contributed by atoms with van der Waals surface area (Å²) in [7, 11) is 0. The lowest BCUT2D eigenvalue weighted by Gasteiger charge is -2.18. The van der Waals surface area contributed by atoms with Crippen molar-refractivity contribution in [1.29, 1.82) is 0 Å². The van der Waals surface area contributed by atoms with Gasteiger partial charge in [0, 0.05) is 4.88 Å². The Balaban J connectivity index is 1.62. The second-order valence-electron chi connectivity index (χ2n) is 5.60. The quantitative estimate of drug-likeness (QED) is 0.690. The van der Waals surface area contributed by atoms with E-state index in [2.05, 4.69) is 53.3 Å². The van der Waals surface area contributed by atoms with Crippen molar-refractivity contribution < 1.29 is 9.21 Å². The molecule has 124 valence electrons. The molecule has 2 heterocycles. The third kappa shape index (κ3) is 4.34. The Morgan fingerprint density at radius 3 is 2.67 bits per heavy atom. The van der Waals surface area contributed by atoms with Crippen molar-refractivity contribution in [2.75, 3.05) is 6.54 Å². The molecule has 4 nitrogen and oxygen atoms in total. The zero-order chi connectivity index (χ0) is 16.8. The SMILES string of the molecule is Cc1ccc([C@@H](NCC(=O)NCc2ccco2)c2cccs2)cc1. The van der Waals surface area contributed by atoms with Crippen LogP contribution in [0.25, 0.3) is 0 Å². The predicted octanol–water partition coefficient (Wildman–Crippen LogP) is 3.64. The molecule has 0 unspecified atom stereocenters. The van der Waals surface area contributed by atoms with Gasteiger partial charge in [-0.05, 0) is 36.1 Å². The molecule has 0 aliphatic heterocycles. The number of rotatable bonds is 7. The Kier molecular flexibility index (Phi) is 5.46. The van der Waals surface area contributed by atoms with E-state index >= 15 is 0 Å². The van der Waals surface area contributed by atoms with Crippen LogP contribution in [0.2, 0.25) is 0 Å². The van der Waals surface area contributed by atoms with Gasteiger partial charge in [0.05, 0.1) is 25.4 Å². The first-order valence-corrected chi connectivity index (χ1v) is 8.73. The Hall–Kier alpha value is -2.37. The van der Waals surface area contributed by atoms with Crippen LogP contribution in [0.5, 0.6) is 0 Å². The van der Waals surface area contributed by atoms with Crippen LogP contribution in [-0.4, -0.2) is 12.5 Å². The minimum absolute atomic E-state index is 0.0139. The third-order valence-electron chi connectivity index (χ3n) is 3.75. The fourth-order valence-electron chi connectivity index (χ4n) is 2.45. The first kappa shape index (κ1) is 16.5. The zero-order valence-corrected chi connectivity index (χ0v) is 14.3. The van der Waals surface area contributed by atoms with Gasteiger partial charge in [0.15, 0.2) is 0 Å². The second kappa shape index (κ2) is 7.95. The van der Waals surface area contributed by atoms with Gasteiger partial charge >= 0.3 is 0 Å². The first-order chi connectivity index (χ1) is 11.7. The average Bonchev–Trinajstić information content (AvgIpc) is 3.28. The van der Waals surface area contributed by atoms with Crippen LogP contribution in [0.1, 0.15) is 27.8 Å². The number of thiophene rings is 1. The third-order valence-corrected chi connectivity index (χ3v) is 4.68. The molecule has 0 bridgehead atoms. The summed E-state index contributed by atoms with van der Waals surface area (Å²) < 4.78 is 5.22. The molecule has 5 heteroatoms. The van der Waals surface area contributed by atoms with E-state index in [9.17, 15) is 4.79 Å². The summed E-state index contributed by atoms with van der Waals surface area (Å²) >= 11 is 1.68. The summed E-state index contributed by atoms with van der Waals surface area (Å²) in [6.07, 6.45) is 1.60. The van der Waals surface area contributed by atoms with Crippen molar-refractivity contribution in [3.05, 3.63) is 81.9 Å². The van der Waals surface area contributed by atoms with E-state index < -0.39 is 0 Å². The van der Waals surface area contributed by atoms with Crippen LogP contribution in [0.15, 0.2) is 64.6 Å². The van der Waals surface area contributed by atoms with E-state index in [0.717, 1.165) is 11.3 Å². The van der Waals surface area contributed by atoms with Crippen molar-refractivity contribution >= 4 is 17.2 Å². The molecule has 0 aliphatic rings. The van der Waals surface area contributed by atoms with Gasteiger partial charge in [0.25, 0.3) is 0 Å². The van der Waals surface area contributed by atoms with Gasteiger partial charge in [0.1, 0.15) is 5.76 Å². The first-order valence-electron chi connectivity index (χ1n) is 7.85. The van der Waals surface area contributed by atoms with Crippen LogP contribution in [0, 0.1) is 6.92 Å². The molecular weight excluding hydrogens is 320 g/mol. The summed E-state index contributed by atoms with van der Waals surface area (Å²) in [5.74, 6) is 0.691. The van der Waals surface area contributed by atoms with Gasteiger partial charge in [-0.3, -0.25) is 10.1 Å². The fourth-order valence-corrected chi connectivity index (χ4v) is 3.28. The highest BCUT2D eigenvalue weighted by molar-refractivity contribution is 7.10. The molecular formula is C19H20N2O2S. The Labute approximate surface area is 145 Å². The van der Waals surface area contributed by atoms with Crippen LogP contribution in [0.3, 0.4) is 0 Å². The number of carbonyl (C=O) groups is 1. The van der Waals surface area contributed by atoms with Gasteiger partial charge in [-0.25, -0.2) is 0 Å². The van der Waals surface area contributed by atoms with Crippen LogP contribution in [-0.2, 0) is 11.3 Å². The normalized spacial score (nSPS) is 12.0. The summed E-state index contributed by atoms with van der Waals surface area (Å²) in [5, 5.41) is 8.26. The number of hydrogen-bond acceptors (Lipinski definition) is 4. The molecule has 1 aromatic carbocycles. The lowest BCUT2D eigenvalue weighted by Crippen LogP contribution is -2.35. The zero-order valence-electron chi connectivity index (χ0n) is 13.5. The van der Waals surface area contributed by atoms with E-state index in [1.54, 1.807) is 17.6 Å². The Bertz CT molecular complexity index is 749. The highest BCUT2D eigenvalue weighted by Crippen LogP contribution is 2.26. The molecule has 0 saturated carbocycles. The van der Waals surface area contributed by atoms with Gasteiger partial charge in [-0.2, -0.15) is 0 Å². The molecule has 0 aliphatic carbocycles. The van der Waals surface area contributed by atoms with Crippen LogP contribution >= 0.6 is 11.3 Å². The molecule has 24 heavy (non-hydrogen) atoms. The van der Waals surface area contributed by atoms with Crippen molar-refractivity contribution in [1.82, 2.24) is 10.6 Å². The molecule has 0 spiro atoms. The lowest BCUT2D eigenvalue weighted by molar-refractivity contribution is -0.120. The van der Waals surface area contributed by atoms with Crippen LogP contribution < -0.4 is 10.6 Å². The predicted molar refractivity (Wildman–Crippen MR) is 95.9 cm³/mol. The van der Waals surface area contributed by atoms with Crippen LogP contribution in [0.4, 0.5) is 0 Å². The molecule has 3 aromatic rings. The van der Waals surface area contributed by atoms with Crippen molar-refractivity contribution in [2.24, 2.45) is 0 Å². The Morgan fingerprint density at radius 2 is 2.00 bits per heavy atom. The van der Waals surface area contributed by atoms with Gasteiger partial charge in [-0.1, -0.05) is 35.9 Å². The summed E-state index contributed by atoms with van der Waals surface area (Å²) in [5.41, 5.74) is 2.38. The van der Waals surface area contributed by atoms with E-state index in [1.807, 2.05) is 18.2 Å². The molecule has 2 aromatic heterocycles. The summed E-state index contributed by atoms with van der Waals surface area (Å²) in [6.45, 7) is 2.72. The average molecular weight is 340 g/mol. The smallest absolute Gasteiger partial charge is 0.234 e. The maximum atomic E-state index is 12.1. The molecule has 0 fully saturated rings. The molecule has 3 rings (SSSR count).